The molecule has 2 rings (SSSR count). The van der Waals surface area contributed by atoms with E-state index < -0.39 is 0 Å². The highest BCUT2D eigenvalue weighted by molar-refractivity contribution is 5.69. The average Bonchev–Trinajstić information content (AvgIpc) is 3.03. The molecule has 1 aromatic rings. The molecule has 128 valence electrons. The minimum atomic E-state index is -0.121. The summed E-state index contributed by atoms with van der Waals surface area (Å²) in [5.41, 5.74) is 0.927. The summed E-state index contributed by atoms with van der Waals surface area (Å²) in [6.45, 7) is 5.09. The molecule has 0 radical (unpaired) electrons. The van der Waals surface area contributed by atoms with Crippen molar-refractivity contribution in [3.05, 3.63) is 23.8 Å². The van der Waals surface area contributed by atoms with Gasteiger partial charge in [-0.15, -0.1) is 0 Å². The molecule has 0 aliphatic carbocycles. The van der Waals surface area contributed by atoms with Gasteiger partial charge in [-0.3, -0.25) is 4.79 Å². The fraction of sp³-hybridized carbons (Fsp3) is 0.632. The Morgan fingerprint density at radius 2 is 1.96 bits per heavy atom. The summed E-state index contributed by atoms with van der Waals surface area (Å²) in [5.74, 6) is 2.17. The second kappa shape index (κ2) is 9.43. The quantitative estimate of drug-likeness (QED) is 0.457. The average molecular weight is 320 g/mol. The van der Waals surface area contributed by atoms with E-state index in [1.165, 1.54) is 25.7 Å². The van der Waals surface area contributed by atoms with Crippen molar-refractivity contribution < 1.29 is 19.0 Å². The number of benzene rings is 1. The minimum Gasteiger partial charge on any atom is -0.461 e. The molecule has 4 heteroatoms. The Morgan fingerprint density at radius 3 is 2.78 bits per heavy atom. The van der Waals surface area contributed by atoms with Crippen molar-refractivity contribution in [3.63, 3.8) is 0 Å². The van der Waals surface area contributed by atoms with Crippen LogP contribution in [0.2, 0.25) is 0 Å². The lowest BCUT2D eigenvalue weighted by molar-refractivity contribution is -0.145. The van der Waals surface area contributed by atoms with E-state index in [0.717, 1.165) is 35.8 Å². The van der Waals surface area contributed by atoms with Gasteiger partial charge in [-0.2, -0.15) is 0 Å². The first-order valence-electron chi connectivity index (χ1n) is 8.73. The number of hydrogen-bond donors (Lipinski definition) is 0. The number of carbonyl (C=O) groups is 1. The zero-order valence-electron chi connectivity index (χ0n) is 14.3. The summed E-state index contributed by atoms with van der Waals surface area (Å²) in [6.07, 6.45) is 7.56. The van der Waals surface area contributed by atoms with Crippen LogP contribution < -0.4 is 9.47 Å². The molecule has 1 aromatic carbocycles. The monoisotopic (exact) mass is 320 g/mol. The largest absolute Gasteiger partial charge is 0.461 e. The second-order valence-electron chi connectivity index (χ2n) is 6.31. The van der Waals surface area contributed by atoms with Crippen LogP contribution in [-0.2, 0) is 16.1 Å². The molecule has 1 atom stereocenters. The van der Waals surface area contributed by atoms with Crippen LogP contribution in [0.5, 0.6) is 11.5 Å². The summed E-state index contributed by atoms with van der Waals surface area (Å²) in [7, 11) is 0. The third-order valence-electron chi connectivity index (χ3n) is 4.36. The summed E-state index contributed by atoms with van der Waals surface area (Å²) in [5, 5.41) is 0. The van der Waals surface area contributed by atoms with Gasteiger partial charge in [0, 0.05) is 6.42 Å². The molecule has 23 heavy (non-hydrogen) atoms. The maximum atomic E-state index is 11.8. The first kappa shape index (κ1) is 17.6. The molecule has 0 saturated heterocycles. The number of rotatable bonds is 10. The van der Waals surface area contributed by atoms with E-state index in [1.54, 1.807) is 0 Å². The van der Waals surface area contributed by atoms with Gasteiger partial charge >= 0.3 is 5.97 Å². The van der Waals surface area contributed by atoms with E-state index in [2.05, 4.69) is 13.8 Å². The lowest BCUT2D eigenvalue weighted by atomic mass is 10.0. The molecule has 4 nitrogen and oxygen atoms in total. The van der Waals surface area contributed by atoms with Crippen molar-refractivity contribution in [1.82, 2.24) is 0 Å². The van der Waals surface area contributed by atoms with Crippen molar-refractivity contribution in [1.29, 1.82) is 0 Å². The summed E-state index contributed by atoms with van der Waals surface area (Å²) >= 11 is 0. The van der Waals surface area contributed by atoms with E-state index in [9.17, 15) is 4.79 Å². The minimum absolute atomic E-state index is 0.121. The van der Waals surface area contributed by atoms with Gasteiger partial charge in [0.15, 0.2) is 11.5 Å². The van der Waals surface area contributed by atoms with Gasteiger partial charge in [0.05, 0.1) is 0 Å². The van der Waals surface area contributed by atoms with Gasteiger partial charge in [-0.05, 0) is 30.0 Å². The maximum absolute atomic E-state index is 11.8. The van der Waals surface area contributed by atoms with Gasteiger partial charge in [0.25, 0.3) is 0 Å². The molecule has 0 N–H and O–H groups in total. The van der Waals surface area contributed by atoms with Crippen molar-refractivity contribution in [2.45, 2.75) is 65.4 Å². The lowest BCUT2D eigenvalue weighted by Gasteiger charge is -2.08. The van der Waals surface area contributed by atoms with Gasteiger partial charge in [0.2, 0.25) is 6.79 Å². The van der Waals surface area contributed by atoms with E-state index in [4.69, 9.17) is 14.2 Å². The number of unbranched alkanes of at least 4 members (excludes halogenated alkanes) is 3. The molecule has 1 aliphatic heterocycles. The van der Waals surface area contributed by atoms with Crippen LogP contribution in [0, 0.1) is 5.92 Å². The summed E-state index contributed by atoms with van der Waals surface area (Å²) in [6, 6.07) is 5.61. The van der Waals surface area contributed by atoms with Crippen molar-refractivity contribution in [3.8, 4) is 11.5 Å². The lowest BCUT2D eigenvalue weighted by Crippen LogP contribution is -2.04. The van der Waals surface area contributed by atoms with Gasteiger partial charge in [0.1, 0.15) is 6.61 Å². The van der Waals surface area contributed by atoms with Crippen molar-refractivity contribution >= 4 is 5.97 Å². The Kier molecular flexibility index (Phi) is 7.24. The maximum Gasteiger partial charge on any atom is 0.306 e. The Hall–Kier alpha value is -1.71. The number of fused-ring (bicyclic) bond motifs is 1. The molecule has 0 spiro atoms. The zero-order chi connectivity index (χ0) is 16.5. The van der Waals surface area contributed by atoms with Gasteiger partial charge in [-0.25, -0.2) is 0 Å². The molecule has 0 bridgehead atoms. The smallest absolute Gasteiger partial charge is 0.306 e. The predicted molar refractivity (Wildman–Crippen MR) is 89.5 cm³/mol. The van der Waals surface area contributed by atoms with Crippen LogP contribution in [0.1, 0.15) is 64.4 Å². The van der Waals surface area contributed by atoms with E-state index in [0.29, 0.717) is 13.0 Å². The van der Waals surface area contributed by atoms with Crippen LogP contribution in [0.15, 0.2) is 18.2 Å². The normalized spacial score (nSPS) is 13.8. The molecule has 1 aliphatic rings. The zero-order valence-corrected chi connectivity index (χ0v) is 14.3. The van der Waals surface area contributed by atoms with Crippen molar-refractivity contribution in [2.75, 3.05) is 6.79 Å². The predicted octanol–water partition coefficient (Wildman–Crippen LogP) is 4.85. The fourth-order valence-electron chi connectivity index (χ4n) is 2.59. The van der Waals surface area contributed by atoms with Gasteiger partial charge < -0.3 is 14.2 Å². The Balaban J connectivity index is 1.55. The van der Waals surface area contributed by atoms with Crippen LogP contribution in [0.4, 0.5) is 0 Å². The van der Waals surface area contributed by atoms with Crippen LogP contribution in [0.25, 0.3) is 0 Å². The standard InChI is InChI=1S/C19H28O4/c1-3-15(2)8-6-4-5-7-9-19(20)21-13-16-10-11-17-18(12-16)23-14-22-17/h10-12,15H,3-9,13-14H2,1-2H3. The Bertz CT molecular complexity index is 498. The highest BCUT2D eigenvalue weighted by atomic mass is 16.7. The Labute approximate surface area is 139 Å². The van der Waals surface area contributed by atoms with Crippen LogP contribution in [0.3, 0.4) is 0 Å². The number of ether oxygens (including phenoxy) is 3. The topological polar surface area (TPSA) is 44.8 Å². The first-order chi connectivity index (χ1) is 11.2. The summed E-state index contributed by atoms with van der Waals surface area (Å²) in [4.78, 5) is 11.8. The molecular weight excluding hydrogens is 292 g/mol. The highest BCUT2D eigenvalue weighted by Gasteiger charge is 2.13. The van der Waals surface area contributed by atoms with Crippen LogP contribution >= 0.6 is 0 Å². The SMILES string of the molecule is CCC(C)CCCCCCC(=O)OCc1ccc2c(c1)OCO2. The molecule has 1 unspecified atom stereocenters. The third-order valence-corrected chi connectivity index (χ3v) is 4.36. The molecule has 1 heterocycles. The molecule has 0 amide bonds. The van der Waals surface area contributed by atoms with Gasteiger partial charge in [-0.1, -0.05) is 52.0 Å². The third kappa shape index (κ3) is 6.12. The molecule has 0 aromatic heterocycles. The number of esters is 1. The number of carbonyl (C=O) groups excluding carboxylic acids is 1. The molecule has 0 fully saturated rings. The van der Waals surface area contributed by atoms with E-state index >= 15 is 0 Å². The fourth-order valence-corrected chi connectivity index (χ4v) is 2.59. The van der Waals surface area contributed by atoms with E-state index in [1.807, 2.05) is 18.2 Å². The van der Waals surface area contributed by atoms with Crippen LogP contribution in [-0.4, -0.2) is 12.8 Å². The number of hydrogen-bond acceptors (Lipinski definition) is 4. The Morgan fingerprint density at radius 1 is 1.17 bits per heavy atom. The van der Waals surface area contributed by atoms with E-state index in [-0.39, 0.29) is 12.8 Å². The first-order valence-corrected chi connectivity index (χ1v) is 8.73. The van der Waals surface area contributed by atoms with Crippen molar-refractivity contribution in [2.24, 2.45) is 5.92 Å². The molecule has 0 saturated carbocycles. The summed E-state index contributed by atoms with van der Waals surface area (Å²) < 4.78 is 15.9. The molecular formula is C19H28O4. The highest BCUT2D eigenvalue weighted by Crippen LogP contribution is 2.32. The second-order valence-corrected chi connectivity index (χ2v) is 6.31.